The highest BCUT2D eigenvalue weighted by Gasteiger charge is 2.51. The smallest absolute Gasteiger partial charge is 0.258 e. The van der Waals surface area contributed by atoms with Crippen molar-refractivity contribution in [1.29, 1.82) is 0 Å². The molecule has 2 saturated heterocycles. The van der Waals surface area contributed by atoms with Gasteiger partial charge in [-0.25, -0.2) is 4.39 Å². The zero-order chi connectivity index (χ0) is 19.0. The summed E-state index contributed by atoms with van der Waals surface area (Å²) < 4.78 is 14.0. The number of hydrogen-bond donors (Lipinski definition) is 1. The molecule has 0 radical (unpaired) electrons. The van der Waals surface area contributed by atoms with Crippen LogP contribution in [0.2, 0.25) is 5.02 Å². The molecule has 1 aliphatic carbocycles. The van der Waals surface area contributed by atoms with Gasteiger partial charge in [-0.2, -0.15) is 0 Å². The van der Waals surface area contributed by atoms with Crippen molar-refractivity contribution in [3.05, 3.63) is 34.6 Å². The van der Waals surface area contributed by atoms with E-state index in [0.717, 1.165) is 32.4 Å². The number of benzene rings is 1. The Morgan fingerprint density at radius 2 is 1.89 bits per heavy atom. The van der Waals surface area contributed by atoms with Crippen molar-refractivity contribution < 1.29 is 14.0 Å². The maximum Gasteiger partial charge on any atom is 0.258 e. The predicted octanol–water partition coefficient (Wildman–Crippen LogP) is 2.54. The van der Waals surface area contributed by atoms with Gasteiger partial charge < -0.3 is 15.1 Å². The maximum absolute atomic E-state index is 14.0. The van der Waals surface area contributed by atoms with Crippen LogP contribution in [0.5, 0.6) is 0 Å². The molecule has 1 N–H and O–H groups in total. The second kappa shape index (κ2) is 7.40. The van der Waals surface area contributed by atoms with Gasteiger partial charge in [-0.1, -0.05) is 30.5 Å². The standard InChI is InChI=1S/C20H25ClFN3O2/c21-15-5-3-6-16(22)17(15)18(26)24-8-10-25(11-9-24)19(27)20-7-2-1-4-14(20)12-23-13-20/h3,5-6,14,23H,1-2,4,7-13H2/t14-,20+/m0/s1. The molecular weight excluding hydrogens is 369 g/mol. The Labute approximate surface area is 163 Å². The molecule has 2 aliphatic heterocycles. The van der Waals surface area contributed by atoms with Crippen LogP contribution in [0.4, 0.5) is 4.39 Å². The third-order valence-corrected chi connectivity index (χ3v) is 6.81. The monoisotopic (exact) mass is 393 g/mol. The highest BCUT2D eigenvalue weighted by molar-refractivity contribution is 6.33. The van der Waals surface area contributed by atoms with Crippen LogP contribution in [-0.4, -0.2) is 60.9 Å². The molecule has 0 bridgehead atoms. The molecule has 2 amide bonds. The minimum atomic E-state index is -0.605. The highest BCUT2D eigenvalue weighted by Crippen LogP contribution is 2.45. The van der Waals surface area contributed by atoms with Crippen molar-refractivity contribution >= 4 is 23.4 Å². The van der Waals surface area contributed by atoms with E-state index in [1.807, 2.05) is 4.90 Å². The topological polar surface area (TPSA) is 52.7 Å². The van der Waals surface area contributed by atoms with Crippen molar-refractivity contribution in [2.75, 3.05) is 39.3 Å². The minimum absolute atomic E-state index is 0.0788. The summed E-state index contributed by atoms with van der Waals surface area (Å²) in [5.41, 5.74) is -0.343. The lowest BCUT2D eigenvalue weighted by Gasteiger charge is -2.43. The van der Waals surface area contributed by atoms with Crippen LogP contribution in [0.1, 0.15) is 36.0 Å². The molecule has 2 heterocycles. The Morgan fingerprint density at radius 1 is 1.15 bits per heavy atom. The number of fused-ring (bicyclic) bond motifs is 1. The van der Waals surface area contributed by atoms with E-state index in [2.05, 4.69) is 5.32 Å². The molecule has 4 rings (SSSR count). The molecule has 1 aromatic carbocycles. The highest BCUT2D eigenvalue weighted by atomic mass is 35.5. The van der Waals surface area contributed by atoms with Crippen molar-refractivity contribution in [1.82, 2.24) is 15.1 Å². The van der Waals surface area contributed by atoms with E-state index in [1.54, 1.807) is 4.90 Å². The van der Waals surface area contributed by atoms with Gasteiger partial charge in [-0.05, 0) is 37.4 Å². The molecule has 146 valence electrons. The summed E-state index contributed by atoms with van der Waals surface area (Å²) in [6.45, 7) is 3.49. The van der Waals surface area contributed by atoms with Crippen molar-refractivity contribution in [2.24, 2.45) is 11.3 Å². The summed E-state index contributed by atoms with van der Waals surface area (Å²) in [5, 5.41) is 3.54. The van der Waals surface area contributed by atoms with Crippen LogP contribution in [0.25, 0.3) is 0 Å². The Morgan fingerprint density at radius 3 is 2.63 bits per heavy atom. The number of rotatable bonds is 2. The first kappa shape index (κ1) is 18.7. The normalized spacial score (nSPS) is 28.1. The Kier molecular flexibility index (Phi) is 5.12. The number of carbonyl (C=O) groups excluding carboxylic acids is 2. The zero-order valence-electron chi connectivity index (χ0n) is 15.3. The van der Waals surface area contributed by atoms with Gasteiger partial charge in [0.05, 0.1) is 16.0 Å². The fourth-order valence-electron chi connectivity index (χ4n) is 4.96. The van der Waals surface area contributed by atoms with E-state index in [4.69, 9.17) is 11.6 Å². The molecular formula is C20H25ClFN3O2. The van der Waals surface area contributed by atoms with Crippen molar-refractivity contribution in [3.63, 3.8) is 0 Å². The summed E-state index contributed by atoms with van der Waals surface area (Å²) in [6, 6.07) is 4.25. The third kappa shape index (κ3) is 3.23. The number of nitrogens with one attached hydrogen (secondary N) is 1. The van der Waals surface area contributed by atoms with Crippen LogP contribution in [-0.2, 0) is 4.79 Å². The summed E-state index contributed by atoms with van der Waals surface area (Å²) in [7, 11) is 0. The Bertz CT molecular complexity index is 730. The lowest BCUT2D eigenvalue weighted by molar-refractivity contribution is -0.146. The molecule has 7 heteroatoms. The summed E-state index contributed by atoms with van der Waals surface area (Å²) in [5.74, 6) is -0.350. The van der Waals surface area contributed by atoms with E-state index in [-0.39, 0.29) is 21.9 Å². The van der Waals surface area contributed by atoms with Gasteiger partial charge in [0.2, 0.25) is 5.91 Å². The first-order valence-electron chi connectivity index (χ1n) is 9.76. The Balaban J connectivity index is 1.43. The summed E-state index contributed by atoms with van der Waals surface area (Å²) >= 11 is 6.03. The van der Waals surface area contributed by atoms with Crippen LogP contribution >= 0.6 is 11.6 Å². The first-order valence-corrected chi connectivity index (χ1v) is 10.1. The lowest BCUT2D eigenvalue weighted by atomic mass is 9.67. The number of piperazine rings is 1. The Hall–Kier alpha value is -1.66. The van der Waals surface area contributed by atoms with E-state index in [0.29, 0.717) is 32.1 Å². The van der Waals surface area contributed by atoms with Crippen molar-refractivity contribution in [3.8, 4) is 0 Å². The average molecular weight is 394 g/mol. The molecule has 0 spiro atoms. The predicted molar refractivity (Wildman–Crippen MR) is 101 cm³/mol. The van der Waals surface area contributed by atoms with Gasteiger partial charge >= 0.3 is 0 Å². The number of hydrogen-bond acceptors (Lipinski definition) is 3. The largest absolute Gasteiger partial charge is 0.339 e. The number of halogens is 2. The van der Waals surface area contributed by atoms with Crippen LogP contribution in [0, 0.1) is 17.2 Å². The lowest BCUT2D eigenvalue weighted by Crippen LogP contribution is -2.56. The number of carbonyl (C=O) groups is 2. The van der Waals surface area contributed by atoms with Gasteiger partial charge in [-0.15, -0.1) is 0 Å². The molecule has 1 saturated carbocycles. The van der Waals surface area contributed by atoms with E-state index >= 15 is 0 Å². The van der Waals surface area contributed by atoms with E-state index < -0.39 is 11.7 Å². The molecule has 0 unspecified atom stereocenters. The molecule has 2 atom stereocenters. The summed E-state index contributed by atoms with van der Waals surface area (Å²) in [6.07, 6.45) is 4.37. The van der Waals surface area contributed by atoms with E-state index in [9.17, 15) is 14.0 Å². The van der Waals surface area contributed by atoms with Gasteiger partial charge in [0.1, 0.15) is 5.82 Å². The molecule has 5 nitrogen and oxygen atoms in total. The van der Waals surface area contributed by atoms with Crippen LogP contribution in [0.3, 0.4) is 0 Å². The average Bonchev–Trinajstić information content (AvgIpc) is 3.12. The number of nitrogens with zero attached hydrogens (tertiary/aromatic N) is 2. The SMILES string of the molecule is O=C(c1c(F)cccc1Cl)N1CCN(C(=O)[C@@]23CCCC[C@H]2CNC3)CC1. The fraction of sp³-hybridized carbons (Fsp3) is 0.600. The fourth-order valence-corrected chi connectivity index (χ4v) is 5.20. The van der Waals surface area contributed by atoms with Crippen LogP contribution in [0.15, 0.2) is 18.2 Å². The van der Waals surface area contributed by atoms with E-state index in [1.165, 1.54) is 24.6 Å². The molecule has 3 aliphatic rings. The molecule has 27 heavy (non-hydrogen) atoms. The van der Waals surface area contributed by atoms with Crippen LogP contribution < -0.4 is 5.32 Å². The van der Waals surface area contributed by atoms with Crippen molar-refractivity contribution in [2.45, 2.75) is 25.7 Å². The van der Waals surface area contributed by atoms with Gasteiger partial charge in [0, 0.05) is 32.7 Å². The third-order valence-electron chi connectivity index (χ3n) is 6.49. The quantitative estimate of drug-likeness (QED) is 0.840. The molecule has 3 fully saturated rings. The maximum atomic E-state index is 14.0. The minimum Gasteiger partial charge on any atom is -0.339 e. The first-order chi connectivity index (χ1) is 13.0. The van der Waals surface area contributed by atoms with Gasteiger partial charge in [-0.3, -0.25) is 9.59 Å². The van der Waals surface area contributed by atoms with Gasteiger partial charge in [0.15, 0.2) is 0 Å². The summed E-state index contributed by atoms with van der Waals surface area (Å²) in [4.78, 5) is 29.5. The second-order valence-corrected chi connectivity index (χ2v) is 8.32. The van der Waals surface area contributed by atoms with Gasteiger partial charge in [0.25, 0.3) is 5.91 Å². The second-order valence-electron chi connectivity index (χ2n) is 7.91. The zero-order valence-corrected chi connectivity index (χ0v) is 16.1. The molecule has 0 aromatic heterocycles. The molecule has 1 aromatic rings. The number of amides is 2.